The second-order valence-corrected chi connectivity index (χ2v) is 7.64. The molecule has 0 radical (unpaired) electrons. The standard InChI is InChI=1S/C20H23N5S/c1-14-4-3-5-16(12-14)19-23-20(26-24-19)22-17-8-10-25(11-9-17)18-7-6-15(2)13-21-18/h3-7,12-13,17H,8-11H2,1-2H3,(H,22,23,24). The number of nitrogens with zero attached hydrogens (tertiary/aromatic N) is 4. The van der Waals surface area contributed by atoms with Crippen LogP contribution in [0.25, 0.3) is 11.4 Å². The molecule has 1 N–H and O–H groups in total. The minimum atomic E-state index is 0.440. The van der Waals surface area contributed by atoms with Gasteiger partial charge in [0.25, 0.3) is 0 Å². The van der Waals surface area contributed by atoms with Gasteiger partial charge in [0, 0.05) is 42.4 Å². The number of anilines is 2. The highest BCUT2D eigenvalue weighted by molar-refractivity contribution is 7.09. The van der Waals surface area contributed by atoms with Gasteiger partial charge in [0.15, 0.2) is 5.82 Å². The van der Waals surface area contributed by atoms with Crippen LogP contribution >= 0.6 is 11.5 Å². The van der Waals surface area contributed by atoms with Crippen LogP contribution in [0.1, 0.15) is 24.0 Å². The van der Waals surface area contributed by atoms with Gasteiger partial charge in [-0.25, -0.2) is 4.98 Å². The van der Waals surface area contributed by atoms with Crippen molar-refractivity contribution < 1.29 is 0 Å². The lowest BCUT2D eigenvalue weighted by Gasteiger charge is -2.33. The summed E-state index contributed by atoms with van der Waals surface area (Å²) in [5, 5.41) is 4.48. The molecule has 0 amide bonds. The fourth-order valence-corrected chi connectivity index (χ4v) is 3.92. The molecule has 1 aliphatic rings. The van der Waals surface area contributed by atoms with Gasteiger partial charge in [-0.15, -0.1) is 0 Å². The summed E-state index contributed by atoms with van der Waals surface area (Å²) in [5.41, 5.74) is 3.50. The Hall–Kier alpha value is -2.47. The van der Waals surface area contributed by atoms with Gasteiger partial charge in [0.05, 0.1) is 0 Å². The van der Waals surface area contributed by atoms with Crippen molar-refractivity contribution in [2.24, 2.45) is 0 Å². The molecule has 1 saturated heterocycles. The van der Waals surface area contributed by atoms with Crippen LogP contribution in [0, 0.1) is 13.8 Å². The van der Waals surface area contributed by atoms with Gasteiger partial charge in [0.2, 0.25) is 5.13 Å². The highest BCUT2D eigenvalue weighted by atomic mass is 32.1. The molecule has 0 spiro atoms. The second-order valence-electron chi connectivity index (χ2n) is 6.89. The van der Waals surface area contributed by atoms with Gasteiger partial charge in [0.1, 0.15) is 5.82 Å². The molecule has 1 aliphatic heterocycles. The lowest BCUT2D eigenvalue weighted by Crippen LogP contribution is -2.39. The molecule has 1 fully saturated rings. The monoisotopic (exact) mass is 365 g/mol. The van der Waals surface area contributed by atoms with Crippen LogP contribution in [0.15, 0.2) is 42.6 Å². The maximum absolute atomic E-state index is 4.67. The van der Waals surface area contributed by atoms with Crippen molar-refractivity contribution in [1.82, 2.24) is 14.3 Å². The molecule has 4 rings (SSSR count). The summed E-state index contributed by atoms with van der Waals surface area (Å²) in [6, 6.07) is 13.0. The molecule has 3 aromatic rings. The summed E-state index contributed by atoms with van der Waals surface area (Å²) in [4.78, 5) is 11.6. The van der Waals surface area contributed by atoms with E-state index in [0.717, 1.165) is 48.3 Å². The maximum Gasteiger partial charge on any atom is 0.203 e. The van der Waals surface area contributed by atoms with Crippen molar-refractivity contribution in [2.45, 2.75) is 32.7 Å². The Morgan fingerprint density at radius 2 is 1.92 bits per heavy atom. The Bertz CT molecular complexity index is 866. The van der Waals surface area contributed by atoms with Crippen LogP contribution in [-0.2, 0) is 0 Å². The molecule has 26 heavy (non-hydrogen) atoms. The number of rotatable bonds is 4. The van der Waals surface area contributed by atoms with Gasteiger partial charge >= 0.3 is 0 Å². The predicted molar refractivity (Wildman–Crippen MR) is 108 cm³/mol. The molecular weight excluding hydrogens is 342 g/mol. The number of pyridine rings is 1. The molecule has 0 atom stereocenters. The zero-order valence-electron chi connectivity index (χ0n) is 15.1. The molecule has 3 heterocycles. The van der Waals surface area contributed by atoms with E-state index in [9.17, 15) is 0 Å². The zero-order chi connectivity index (χ0) is 17.9. The van der Waals surface area contributed by atoms with E-state index in [-0.39, 0.29) is 0 Å². The molecule has 134 valence electrons. The van der Waals surface area contributed by atoms with E-state index in [1.807, 2.05) is 12.3 Å². The summed E-state index contributed by atoms with van der Waals surface area (Å²) in [6.45, 7) is 6.18. The Morgan fingerprint density at radius 1 is 1.08 bits per heavy atom. The van der Waals surface area contributed by atoms with Gasteiger partial charge in [-0.1, -0.05) is 29.8 Å². The Kier molecular flexibility index (Phi) is 4.84. The number of benzene rings is 1. The number of aryl methyl sites for hydroxylation is 2. The van der Waals surface area contributed by atoms with E-state index in [1.165, 1.54) is 22.7 Å². The first-order valence-corrected chi connectivity index (χ1v) is 9.79. The number of hydrogen-bond donors (Lipinski definition) is 1. The second kappa shape index (κ2) is 7.41. The highest BCUT2D eigenvalue weighted by Gasteiger charge is 2.21. The molecule has 0 saturated carbocycles. The zero-order valence-corrected chi connectivity index (χ0v) is 16.0. The third-order valence-corrected chi connectivity index (χ3v) is 5.39. The van der Waals surface area contributed by atoms with E-state index in [0.29, 0.717) is 6.04 Å². The van der Waals surface area contributed by atoms with Crippen molar-refractivity contribution in [3.8, 4) is 11.4 Å². The van der Waals surface area contributed by atoms with E-state index in [4.69, 9.17) is 0 Å². The van der Waals surface area contributed by atoms with Crippen molar-refractivity contribution in [3.05, 3.63) is 53.7 Å². The Morgan fingerprint density at radius 3 is 2.65 bits per heavy atom. The van der Waals surface area contributed by atoms with E-state index in [1.54, 1.807) is 0 Å². The normalized spacial score (nSPS) is 15.2. The largest absolute Gasteiger partial charge is 0.357 e. The Balaban J connectivity index is 1.35. The number of aromatic nitrogens is 3. The minimum absolute atomic E-state index is 0.440. The van der Waals surface area contributed by atoms with Gasteiger partial charge in [-0.05, 0) is 44.4 Å². The van der Waals surface area contributed by atoms with Crippen LogP contribution in [0.4, 0.5) is 10.9 Å². The minimum Gasteiger partial charge on any atom is -0.357 e. The molecule has 5 nitrogen and oxygen atoms in total. The fraction of sp³-hybridized carbons (Fsp3) is 0.350. The predicted octanol–water partition coefficient (Wildman–Crippen LogP) is 4.30. The third kappa shape index (κ3) is 3.85. The van der Waals surface area contributed by atoms with Crippen LogP contribution in [0.5, 0.6) is 0 Å². The molecule has 6 heteroatoms. The molecular formula is C20H23N5S. The SMILES string of the molecule is Cc1ccc(N2CCC(Nc3nc(-c4cccc(C)c4)ns3)CC2)nc1. The van der Waals surface area contributed by atoms with Crippen LogP contribution in [0.3, 0.4) is 0 Å². The van der Waals surface area contributed by atoms with Gasteiger partial charge < -0.3 is 10.2 Å². The lowest BCUT2D eigenvalue weighted by molar-refractivity contribution is 0.523. The maximum atomic E-state index is 4.67. The number of piperidine rings is 1. The summed E-state index contributed by atoms with van der Waals surface area (Å²) >= 11 is 1.44. The summed E-state index contributed by atoms with van der Waals surface area (Å²) < 4.78 is 4.51. The quantitative estimate of drug-likeness (QED) is 0.747. The Labute approximate surface area is 158 Å². The van der Waals surface area contributed by atoms with E-state index in [2.05, 4.69) is 68.7 Å². The van der Waals surface area contributed by atoms with Gasteiger partial charge in [-0.3, -0.25) is 0 Å². The number of nitrogens with one attached hydrogen (secondary N) is 1. The van der Waals surface area contributed by atoms with Crippen molar-refractivity contribution >= 4 is 22.5 Å². The summed E-state index contributed by atoms with van der Waals surface area (Å²) in [5.74, 6) is 1.88. The van der Waals surface area contributed by atoms with Crippen molar-refractivity contribution in [1.29, 1.82) is 0 Å². The third-order valence-electron chi connectivity index (χ3n) is 4.74. The molecule has 0 bridgehead atoms. The first kappa shape index (κ1) is 17.0. The molecule has 1 aromatic carbocycles. The molecule has 0 aliphatic carbocycles. The van der Waals surface area contributed by atoms with Crippen molar-refractivity contribution in [2.75, 3.05) is 23.3 Å². The topological polar surface area (TPSA) is 53.9 Å². The lowest BCUT2D eigenvalue weighted by atomic mass is 10.1. The van der Waals surface area contributed by atoms with Crippen LogP contribution in [-0.4, -0.2) is 33.5 Å². The average Bonchev–Trinajstić information content (AvgIpc) is 3.12. The first-order valence-electron chi connectivity index (χ1n) is 9.02. The van der Waals surface area contributed by atoms with E-state index < -0.39 is 0 Å². The molecule has 0 unspecified atom stereocenters. The van der Waals surface area contributed by atoms with Gasteiger partial charge in [-0.2, -0.15) is 9.36 Å². The summed E-state index contributed by atoms with van der Waals surface area (Å²) in [7, 11) is 0. The highest BCUT2D eigenvalue weighted by Crippen LogP contribution is 2.25. The smallest absolute Gasteiger partial charge is 0.203 e. The average molecular weight is 366 g/mol. The van der Waals surface area contributed by atoms with E-state index >= 15 is 0 Å². The first-order chi connectivity index (χ1) is 12.7. The van der Waals surface area contributed by atoms with Crippen LogP contribution < -0.4 is 10.2 Å². The number of hydrogen-bond acceptors (Lipinski definition) is 6. The van der Waals surface area contributed by atoms with Crippen LogP contribution in [0.2, 0.25) is 0 Å². The van der Waals surface area contributed by atoms with Crippen molar-refractivity contribution in [3.63, 3.8) is 0 Å². The summed E-state index contributed by atoms with van der Waals surface area (Å²) in [6.07, 6.45) is 4.09. The fourth-order valence-electron chi connectivity index (χ4n) is 3.26. The molecule has 2 aromatic heterocycles.